The van der Waals surface area contributed by atoms with Crippen LogP contribution in [0.25, 0.3) is 0 Å². The summed E-state index contributed by atoms with van der Waals surface area (Å²) in [7, 11) is 0. The Bertz CT molecular complexity index is 324. The zero-order chi connectivity index (χ0) is 12.7. The fourth-order valence-electron chi connectivity index (χ4n) is 1.47. The van der Waals surface area contributed by atoms with E-state index in [9.17, 15) is 9.90 Å². The highest BCUT2D eigenvalue weighted by Gasteiger charge is 2.13. The number of amides is 1. The quantitative estimate of drug-likeness (QED) is 0.785. The van der Waals surface area contributed by atoms with Gasteiger partial charge in [0, 0.05) is 17.8 Å². The molecule has 0 aromatic carbocycles. The van der Waals surface area contributed by atoms with E-state index in [1.54, 1.807) is 11.3 Å². The van der Waals surface area contributed by atoms with Crippen LogP contribution in [0.15, 0.2) is 17.5 Å². The van der Waals surface area contributed by atoms with E-state index in [1.165, 1.54) is 4.88 Å². The number of aliphatic hydroxyl groups is 1. The molecule has 0 saturated carbocycles. The lowest BCUT2D eigenvalue weighted by Gasteiger charge is -2.17. The Morgan fingerprint density at radius 1 is 1.59 bits per heavy atom. The molecule has 1 aromatic heterocycles. The Morgan fingerprint density at radius 3 is 2.94 bits per heavy atom. The third-order valence-corrected chi connectivity index (χ3v) is 3.92. The zero-order valence-electron chi connectivity index (χ0n) is 10.5. The number of carbonyl (C=O) groups excluding carboxylic acids is 1. The van der Waals surface area contributed by atoms with Gasteiger partial charge in [-0.2, -0.15) is 0 Å². The van der Waals surface area contributed by atoms with Crippen LogP contribution in [0.3, 0.4) is 0 Å². The minimum Gasteiger partial charge on any atom is -0.391 e. The van der Waals surface area contributed by atoms with Crippen LogP contribution < -0.4 is 5.32 Å². The molecule has 17 heavy (non-hydrogen) atoms. The predicted molar refractivity (Wildman–Crippen MR) is 71.1 cm³/mol. The topological polar surface area (TPSA) is 49.3 Å². The Morgan fingerprint density at radius 2 is 2.35 bits per heavy atom. The van der Waals surface area contributed by atoms with Crippen LogP contribution in [0.2, 0.25) is 0 Å². The molecule has 2 N–H and O–H groups in total. The molecule has 96 valence electrons. The minimum absolute atomic E-state index is 0.0146. The highest BCUT2D eigenvalue weighted by atomic mass is 32.1. The SMILES string of the molecule is CCC(C)C(O)CNC(=O)CCc1cccs1. The maximum absolute atomic E-state index is 11.5. The van der Waals surface area contributed by atoms with Crippen LogP contribution in [-0.2, 0) is 11.2 Å². The van der Waals surface area contributed by atoms with E-state index in [1.807, 2.05) is 31.4 Å². The molecule has 0 saturated heterocycles. The van der Waals surface area contributed by atoms with Gasteiger partial charge < -0.3 is 10.4 Å². The standard InChI is InChI=1S/C13H21NO2S/c1-3-10(2)12(15)9-14-13(16)7-6-11-5-4-8-17-11/h4-5,8,10,12,15H,3,6-7,9H2,1-2H3,(H,14,16). The summed E-state index contributed by atoms with van der Waals surface area (Å²) in [5.74, 6) is 0.244. The maximum atomic E-state index is 11.5. The van der Waals surface area contributed by atoms with Gasteiger partial charge >= 0.3 is 0 Å². The molecule has 0 radical (unpaired) electrons. The number of hydrogen-bond acceptors (Lipinski definition) is 3. The summed E-state index contributed by atoms with van der Waals surface area (Å²) in [5.41, 5.74) is 0. The number of aliphatic hydroxyl groups excluding tert-OH is 1. The van der Waals surface area contributed by atoms with Crippen molar-refractivity contribution < 1.29 is 9.90 Å². The van der Waals surface area contributed by atoms with Crippen molar-refractivity contribution in [2.75, 3.05) is 6.54 Å². The van der Waals surface area contributed by atoms with Crippen molar-refractivity contribution in [1.82, 2.24) is 5.32 Å². The Balaban J connectivity index is 2.17. The Kier molecular flexibility index (Phi) is 6.22. The number of hydrogen-bond donors (Lipinski definition) is 2. The molecule has 1 aromatic rings. The zero-order valence-corrected chi connectivity index (χ0v) is 11.3. The monoisotopic (exact) mass is 255 g/mol. The van der Waals surface area contributed by atoms with Crippen LogP contribution in [0.4, 0.5) is 0 Å². The maximum Gasteiger partial charge on any atom is 0.220 e. The molecule has 1 heterocycles. The molecule has 0 aliphatic rings. The predicted octanol–water partition coefficient (Wildman–Crippen LogP) is 2.20. The molecule has 2 atom stereocenters. The third kappa shape index (κ3) is 5.33. The number of aryl methyl sites for hydroxylation is 1. The van der Waals surface area contributed by atoms with Crippen LogP contribution in [0.5, 0.6) is 0 Å². The van der Waals surface area contributed by atoms with Gasteiger partial charge in [0.25, 0.3) is 0 Å². The first-order valence-corrected chi connectivity index (χ1v) is 6.98. The molecule has 0 bridgehead atoms. The minimum atomic E-state index is -0.439. The van der Waals surface area contributed by atoms with Crippen LogP contribution in [-0.4, -0.2) is 23.7 Å². The van der Waals surface area contributed by atoms with Crippen molar-refractivity contribution in [3.05, 3.63) is 22.4 Å². The average molecular weight is 255 g/mol. The lowest BCUT2D eigenvalue weighted by atomic mass is 10.0. The summed E-state index contributed by atoms with van der Waals surface area (Å²) in [5, 5.41) is 14.5. The van der Waals surface area contributed by atoms with Gasteiger partial charge in [-0.1, -0.05) is 26.3 Å². The van der Waals surface area contributed by atoms with Crippen molar-refractivity contribution in [1.29, 1.82) is 0 Å². The summed E-state index contributed by atoms with van der Waals surface area (Å²) < 4.78 is 0. The van der Waals surface area contributed by atoms with E-state index in [0.717, 1.165) is 12.8 Å². The molecule has 0 aliphatic heterocycles. The van der Waals surface area contributed by atoms with E-state index in [0.29, 0.717) is 13.0 Å². The number of carbonyl (C=O) groups is 1. The largest absolute Gasteiger partial charge is 0.391 e. The van der Waals surface area contributed by atoms with E-state index in [4.69, 9.17) is 0 Å². The summed E-state index contributed by atoms with van der Waals surface area (Å²) >= 11 is 1.67. The first-order chi connectivity index (χ1) is 8.13. The molecule has 4 heteroatoms. The average Bonchev–Trinajstić information content (AvgIpc) is 2.85. The summed E-state index contributed by atoms with van der Waals surface area (Å²) in [4.78, 5) is 12.8. The van der Waals surface area contributed by atoms with Crippen LogP contribution >= 0.6 is 11.3 Å². The van der Waals surface area contributed by atoms with Crippen molar-refractivity contribution in [3.8, 4) is 0 Å². The van der Waals surface area contributed by atoms with Gasteiger partial charge in [0.2, 0.25) is 5.91 Å². The third-order valence-electron chi connectivity index (χ3n) is 2.99. The second kappa shape index (κ2) is 7.45. The fraction of sp³-hybridized carbons (Fsp3) is 0.615. The summed E-state index contributed by atoms with van der Waals surface area (Å²) in [6.07, 6.45) is 1.76. The number of rotatable bonds is 7. The summed E-state index contributed by atoms with van der Waals surface area (Å²) in [6.45, 7) is 4.38. The molecule has 2 unspecified atom stereocenters. The Hall–Kier alpha value is -0.870. The van der Waals surface area contributed by atoms with Crippen LogP contribution in [0, 0.1) is 5.92 Å². The van der Waals surface area contributed by atoms with E-state index in [2.05, 4.69) is 5.32 Å². The smallest absolute Gasteiger partial charge is 0.220 e. The van der Waals surface area contributed by atoms with Gasteiger partial charge in [0.05, 0.1) is 6.10 Å². The lowest BCUT2D eigenvalue weighted by molar-refractivity contribution is -0.121. The van der Waals surface area contributed by atoms with Gasteiger partial charge in [-0.15, -0.1) is 11.3 Å². The lowest BCUT2D eigenvalue weighted by Crippen LogP contribution is -2.35. The molecular weight excluding hydrogens is 234 g/mol. The van der Waals surface area contributed by atoms with Crippen molar-refractivity contribution >= 4 is 17.2 Å². The van der Waals surface area contributed by atoms with Crippen molar-refractivity contribution in [2.24, 2.45) is 5.92 Å². The normalized spacial score (nSPS) is 14.3. The molecule has 1 rings (SSSR count). The van der Waals surface area contributed by atoms with Gasteiger partial charge in [0.1, 0.15) is 0 Å². The second-order valence-corrected chi connectivity index (χ2v) is 5.37. The first-order valence-electron chi connectivity index (χ1n) is 6.10. The molecule has 3 nitrogen and oxygen atoms in total. The van der Waals surface area contributed by atoms with Gasteiger partial charge in [-0.25, -0.2) is 0 Å². The highest BCUT2D eigenvalue weighted by molar-refractivity contribution is 7.09. The van der Waals surface area contributed by atoms with E-state index >= 15 is 0 Å². The Labute approximate surface area is 107 Å². The number of nitrogens with one attached hydrogen (secondary N) is 1. The van der Waals surface area contributed by atoms with Crippen molar-refractivity contribution in [3.63, 3.8) is 0 Å². The molecule has 0 aliphatic carbocycles. The van der Waals surface area contributed by atoms with Gasteiger partial charge in [-0.3, -0.25) is 4.79 Å². The first kappa shape index (κ1) is 14.2. The van der Waals surface area contributed by atoms with E-state index in [-0.39, 0.29) is 11.8 Å². The second-order valence-electron chi connectivity index (χ2n) is 4.34. The molecular formula is C13H21NO2S. The number of thiophene rings is 1. The van der Waals surface area contributed by atoms with Gasteiger partial charge in [0.15, 0.2) is 0 Å². The highest BCUT2D eigenvalue weighted by Crippen LogP contribution is 2.11. The molecule has 0 fully saturated rings. The summed E-state index contributed by atoms with van der Waals surface area (Å²) in [6, 6.07) is 4.02. The van der Waals surface area contributed by atoms with Gasteiger partial charge in [-0.05, 0) is 23.8 Å². The molecule has 1 amide bonds. The van der Waals surface area contributed by atoms with Crippen molar-refractivity contribution in [2.45, 2.75) is 39.2 Å². The van der Waals surface area contributed by atoms with Crippen LogP contribution in [0.1, 0.15) is 31.6 Å². The fourth-order valence-corrected chi connectivity index (χ4v) is 2.18. The van der Waals surface area contributed by atoms with E-state index < -0.39 is 6.10 Å². The molecule has 0 spiro atoms.